The number of urea groups is 1. The molecule has 2 aromatic rings. The van der Waals surface area contributed by atoms with Crippen LogP contribution in [0.4, 0.5) is 10.5 Å². The van der Waals surface area contributed by atoms with Crippen molar-refractivity contribution in [2.45, 2.75) is 5.16 Å². The molecule has 0 fully saturated rings. The summed E-state index contributed by atoms with van der Waals surface area (Å²) in [4.78, 5) is 26.8. The van der Waals surface area contributed by atoms with Gasteiger partial charge in [-0.25, -0.2) is 9.78 Å². The average molecular weight is 290 g/mol. The van der Waals surface area contributed by atoms with Crippen LogP contribution in [0.5, 0.6) is 0 Å². The van der Waals surface area contributed by atoms with Gasteiger partial charge in [-0.05, 0) is 24.3 Å². The molecule has 0 unspecified atom stereocenters. The molecule has 1 heterocycles. The number of ketones is 1. The number of Topliss-reactive ketones (excluding diaryl/α,β-unsaturated/α-hetero) is 1. The smallest absolute Gasteiger partial charge is 0.316 e. The van der Waals surface area contributed by atoms with E-state index in [1.807, 2.05) is 17.8 Å². The Hall–Kier alpha value is -2.28. The van der Waals surface area contributed by atoms with Crippen LogP contribution in [0.1, 0.15) is 10.4 Å². The van der Waals surface area contributed by atoms with Crippen molar-refractivity contribution >= 4 is 29.3 Å². The van der Waals surface area contributed by atoms with E-state index in [4.69, 9.17) is 5.73 Å². The Balaban J connectivity index is 1.95. The van der Waals surface area contributed by atoms with Crippen molar-refractivity contribution in [1.29, 1.82) is 0 Å². The molecule has 0 radical (unpaired) electrons. The summed E-state index contributed by atoms with van der Waals surface area (Å²) in [5.41, 5.74) is 6.15. The first-order valence-corrected chi connectivity index (χ1v) is 6.84. The number of anilines is 1. The van der Waals surface area contributed by atoms with E-state index in [0.29, 0.717) is 17.0 Å². The standard InChI is InChI=1S/C13H14N4O2S/c1-17-7-6-15-13(17)20-8-11(18)9-2-4-10(5-3-9)16-12(14)19/h2-7H,8H2,1H3,(H3,14,16,19). The third-order valence-corrected chi connectivity index (χ3v) is 3.64. The van der Waals surface area contributed by atoms with E-state index < -0.39 is 6.03 Å². The van der Waals surface area contributed by atoms with Crippen LogP contribution in [0.15, 0.2) is 41.8 Å². The van der Waals surface area contributed by atoms with Gasteiger partial charge >= 0.3 is 6.03 Å². The lowest BCUT2D eigenvalue weighted by Crippen LogP contribution is -2.19. The third-order valence-electron chi connectivity index (χ3n) is 2.58. The van der Waals surface area contributed by atoms with Gasteiger partial charge in [-0.3, -0.25) is 4.79 Å². The van der Waals surface area contributed by atoms with Crippen LogP contribution in [-0.4, -0.2) is 27.1 Å². The number of carbonyl (C=O) groups is 2. The molecule has 0 bridgehead atoms. The largest absolute Gasteiger partial charge is 0.351 e. The number of nitrogens with zero attached hydrogens (tertiary/aromatic N) is 2. The van der Waals surface area contributed by atoms with Gasteiger partial charge in [0.25, 0.3) is 0 Å². The summed E-state index contributed by atoms with van der Waals surface area (Å²) in [6.45, 7) is 0. The van der Waals surface area contributed by atoms with E-state index in [9.17, 15) is 9.59 Å². The van der Waals surface area contributed by atoms with Crippen LogP contribution in [0, 0.1) is 0 Å². The number of thioether (sulfide) groups is 1. The summed E-state index contributed by atoms with van der Waals surface area (Å²) in [6, 6.07) is 5.97. The Bertz CT molecular complexity index is 622. The van der Waals surface area contributed by atoms with Crippen molar-refractivity contribution in [2.75, 3.05) is 11.1 Å². The van der Waals surface area contributed by atoms with Gasteiger partial charge in [0.05, 0.1) is 5.75 Å². The number of hydrogen-bond acceptors (Lipinski definition) is 4. The number of amides is 2. The number of hydrogen-bond donors (Lipinski definition) is 2. The maximum Gasteiger partial charge on any atom is 0.316 e. The van der Waals surface area contributed by atoms with Crippen molar-refractivity contribution in [3.63, 3.8) is 0 Å². The second kappa shape index (κ2) is 6.25. The molecular weight excluding hydrogens is 276 g/mol. The zero-order chi connectivity index (χ0) is 14.5. The summed E-state index contributed by atoms with van der Waals surface area (Å²) < 4.78 is 1.86. The van der Waals surface area contributed by atoms with Gasteiger partial charge in [0.1, 0.15) is 0 Å². The van der Waals surface area contributed by atoms with Gasteiger partial charge in [-0.15, -0.1) is 0 Å². The van der Waals surface area contributed by atoms with E-state index in [-0.39, 0.29) is 5.78 Å². The van der Waals surface area contributed by atoms with E-state index in [1.54, 1.807) is 30.5 Å². The minimum absolute atomic E-state index is 0.00336. The number of nitrogens with one attached hydrogen (secondary N) is 1. The highest BCUT2D eigenvalue weighted by Gasteiger charge is 2.09. The highest BCUT2D eigenvalue weighted by Crippen LogP contribution is 2.17. The normalized spacial score (nSPS) is 10.2. The molecule has 0 aliphatic carbocycles. The Morgan fingerprint density at radius 3 is 2.60 bits per heavy atom. The topological polar surface area (TPSA) is 90.0 Å². The molecular formula is C13H14N4O2S. The summed E-state index contributed by atoms with van der Waals surface area (Å²) >= 11 is 1.38. The van der Waals surface area contributed by atoms with Crippen molar-refractivity contribution in [1.82, 2.24) is 9.55 Å². The highest BCUT2D eigenvalue weighted by atomic mass is 32.2. The Morgan fingerprint density at radius 1 is 1.35 bits per heavy atom. The van der Waals surface area contributed by atoms with E-state index >= 15 is 0 Å². The second-order valence-corrected chi connectivity index (χ2v) is 5.04. The molecule has 0 aliphatic heterocycles. The molecule has 0 spiro atoms. The number of carbonyl (C=O) groups excluding carboxylic acids is 2. The molecule has 0 atom stereocenters. The summed E-state index contributed by atoms with van der Waals surface area (Å²) in [5.74, 6) is 0.316. The first kappa shape index (κ1) is 14.1. The highest BCUT2D eigenvalue weighted by molar-refractivity contribution is 7.99. The lowest BCUT2D eigenvalue weighted by Gasteiger charge is -2.04. The number of aryl methyl sites for hydroxylation is 1. The molecule has 6 nitrogen and oxygen atoms in total. The average Bonchev–Trinajstić information content (AvgIpc) is 2.82. The predicted molar refractivity (Wildman–Crippen MR) is 77.9 cm³/mol. The summed E-state index contributed by atoms with van der Waals surface area (Å²) in [5, 5.41) is 3.24. The number of nitrogens with two attached hydrogens (primary N) is 1. The van der Waals surface area contributed by atoms with E-state index in [2.05, 4.69) is 10.3 Å². The van der Waals surface area contributed by atoms with Gasteiger partial charge < -0.3 is 15.6 Å². The minimum atomic E-state index is -0.630. The maximum absolute atomic E-state index is 12.0. The Kier molecular flexibility index (Phi) is 4.41. The molecule has 2 amide bonds. The number of benzene rings is 1. The van der Waals surface area contributed by atoms with Gasteiger partial charge in [-0.2, -0.15) is 0 Å². The minimum Gasteiger partial charge on any atom is -0.351 e. The van der Waals surface area contributed by atoms with Crippen LogP contribution >= 0.6 is 11.8 Å². The van der Waals surface area contributed by atoms with Crippen molar-refractivity contribution in [3.05, 3.63) is 42.2 Å². The molecule has 20 heavy (non-hydrogen) atoms. The lowest BCUT2D eigenvalue weighted by atomic mass is 10.1. The van der Waals surface area contributed by atoms with E-state index in [1.165, 1.54) is 11.8 Å². The zero-order valence-corrected chi connectivity index (χ0v) is 11.7. The molecule has 2 rings (SSSR count). The molecule has 0 saturated carbocycles. The Morgan fingerprint density at radius 2 is 2.05 bits per heavy atom. The first-order chi connectivity index (χ1) is 9.56. The lowest BCUT2D eigenvalue weighted by molar-refractivity contribution is 0.102. The maximum atomic E-state index is 12.0. The molecule has 3 N–H and O–H groups in total. The van der Waals surface area contributed by atoms with Crippen molar-refractivity contribution in [3.8, 4) is 0 Å². The van der Waals surface area contributed by atoms with Crippen LogP contribution in [0.3, 0.4) is 0 Å². The van der Waals surface area contributed by atoms with Gasteiger partial charge in [0.15, 0.2) is 10.9 Å². The van der Waals surface area contributed by atoms with Crippen molar-refractivity contribution < 1.29 is 9.59 Å². The van der Waals surface area contributed by atoms with Gasteiger partial charge in [0.2, 0.25) is 0 Å². The first-order valence-electron chi connectivity index (χ1n) is 5.86. The van der Waals surface area contributed by atoms with Crippen LogP contribution in [0.2, 0.25) is 0 Å². The fourth-order valence-electron chi connectivity index (χ4n) is 1.59. The molecule has 0 aliphatic rings. The number of aromatic nitrogens is 2. The van der Waals surface area contributed by atoms with Crippen LogP contribution < -0.4 is 11.1 Å². The zero-order valence-electron chi connectivity index (χ0n) is 10.9. The molecule has 1 aromatic heterocycles. The van der Waals surface area contributed by atoms with E-state index in [0.717, 1.165) is 5.16 Å². The number of imidazole rings is 1. The second-order valence-electron chi connectivity index (χ2n) is 4.10. The van der Waals surface area contributed by atoms with Crippen LogP contribution in [-0.2, 0) is 7.05 Å². The van der Waals surface area contributed by atoms with Crippen LogP contribution in [0.25, 0.3) is 0 Å². The molecule has 1 aromatic carbocycles. The summed E-state index contributed by atoms with van der Waals surface area (Å²) in [7, 11) is 1.88. The Labute approximate surface area is 120 Å². The quantitative estimate of drug-likeness (QED) is 0.650. The monoisotopic (exact) mass is 290 g/mol. The molecule has 104 valence electrons. The predicted octanol–water partition coefficient (Wildman–Crippen LogP) is 1.89. The SMILES string of the molecule is Cn1ccnc1SCC(=O)c1ccc(NC(N)=O)cc1. The number of primary amides is 1. The summed E-state index contributed by atoms with van der Waals surface area (Å²) in [6.07, 6.45) is 3.52. The molecule has 7 heteroatoms. The number of rotatable bonds is 5. The van der Waals surface area contributed by atoms with Gasteiger partial charge in [0, 0.05) is 30.7 Å². The third kappa shape index (κ3) is 3.61. The fourth-order valence-corrected chi connectivity index (χ4v) is 2.41. The van der Waals surface area contributed by atoms with Crippen molar-refractivity contribution in [2.24, 2.45) is 12.8 Å². The molecule has 0 saturated heterocycles. The van der Waals surface area contributed by atoms with Gasteiger partial charge in [-0.1, -0.05) is 11.8 Å². The fraction of sp³-hybridized carbons (Fsp3) is 0.154.